The fraction of sp³-hybridized carbons (Fsp3) is 0.333. The largest absolute Gasteiger partial charge is 0.303 e. The number of halogens is 1. The molecule has 3 nitrogen and oxygen atoms in total. The molecular weight excluding hydrogens is 298 g/mol. The SMILES string of the molecule is CCCNC(c1ncccn1)c1sccc1Br. The highest BCUT2D eigenvalue weighted by molar-refractivity contribution is 9.10. The molecule has 0 aliphatic rings. The van der Waals surface area contributed by atoms with E-state index < -0.39 is 0 Å². The van der Waals surface area contributed by atoms with Crippen molar-refractivity contribution in [3.8, 4) is 0 Å². The molecule has 1 atom stereocenters. The van der Waals surface area contributed by atoms with Crippen LogP contribution in [0.1, 0.15) is 30.1 Å². The van der Waals surface area contributed by atoms with Gasteiger partial charge in [-0.3, -0.25) is 0 Å². The van der Waals surface area contributed by atoms with Crippen molar-refractivity contribution in [2.75, 3.05) is 6.54 Å². The molecule has 2 rings (SSSR count). The quantitative estimate of drug-likeness (QED) is 0.919. The van der Waals surface area contributed by atoms with Gasteiger partial charge in [-0.05, 0) is 46.4 Å². The van der Waals surface area contributed by atoms with Crippen LogP contribution < -0.4 is 5.32 Å². The van der Waals surface area contributed by atoms with Crippen LogP contribution in [-0.2, 0) is 0 Å². The maximum Gasteiger partial charge on any atom is 0.150 e. The molecule has 17 heavy (non-hydrogen) atoms. The second-order valence-corrected chi connectivity index (χ2v) is 5.43. The number of thiophene rings is 1. The van der Waals surface area contributed by atoms with Gasteiger partial charge < -0.3 is 5.32 Å². The van der Waals surface area contributed by atoms with Crippen molar-refractivity contribution in [3.63, 3.8) is 0 Å². The number of aromatic nitrogens is 2. The summed E-state index contributed by atoms with van der Waals surface area (Å²) >= 11 is 5.28. The molecule has 2 aromatic heterocycles. The van der Waals surface area contributed by atoms with E-state index in [4.69, 9.17) is 0 Å². The van der Waals surface area contributed by atoms with Crippen molar-refractivity contribution < 1.29 is 0 Å². The van der Waals surface area contributed by atoms with Gasteiger partial charge in [-0.2, -0.15) is 0 Å². The summed E-state index contributed by atoms with van der Waals surface area (Å²) in [4.78, 5) is 9.91. The van der Waals surface area contributed by atoms with Crippen molar-refractivity contribution >= 4 is 27.3 Å². The van der Waals surface area contributed by atoms with Gasteiger partial charge in [0.05, 0.1) is 0 Å². The van der Waals surface area contributed by atoms with E-state index in [-0.39, 0.29) is 6.04 Å². The molecule has 2 heterocycles. The standard InChI is InChI=1S/C12H14BrN3S/c1-2-5-14-10(11-9(13)4-8-17-11)12-15-6-3-7-16-12/h3-4,6-8,10,14H,2,5H2,1H3. The number of rotatable bonds is 5. The third-order valence-corrected chi connectivity index (χ3v) is 4.29. The summed E-state index contributed by atoms with van der Waals surface area (Å²) in [5.74, 6) is 0.823. The Morgan fingerprint density at radius 3 is 2.76 bits per heavy atom. The van der Waals surface area contributed by atoms with Crippen LogP contribution in [0.3, 0.4) is 0 Å². The van der Waals surface area contributed by atoms with Crippen molar-refractivity contribution in [2.24, 2.45) is 0 Å². The second kappa shape index (κ2) is 6.23. The molecule has 0 aliphatic carbocycles. The first-order valence-electron chi connectivity index (χ1n) is 5.56. The maximum atomic E-state index is 4.34. The van der Waals surface area contributed by atoms with Crippen LogP contribution >= 0.6 is 27.3 Å². The van der Waals surface area contributed by atoms with Crippen LogP contribution in [0.5, 0.6) is 0 Å². The smallest absolute Gasteiger partial charge is 0.150 e. The van der Waals surface area contributed by atoms with Crippen LogP contribution in [0.2, 0.25) is 0 Å². The second-order valence-electron chi connectivity index (χ2n) is 3.63. The van der Waals surface area contributed by atoms with E-state index in [1.165, 1.54) is 4.88 Å². The van der Waals surface area contributed by atoms with E-state index in [9.17, 15) is 0 Å². The molecule has 1 unspecified atom stereocenters. The highest BCUT2D eigenvalue weighted by atomic mass is 79.9. The fourth-order valence-corrected chi connectivity index (χ4v) is 3.23. The highest BCUT2D eigenvalue weighted by Gasteiger charge is 2.19. The molecular formula is C12H14BrN3S. The van der Waals surface area contributed by atoms with E-state index in [1.54, 1.807) is 23.7 Å². The molecule has 0 radical (unpaired) electrons. The average Bonchev–Trinajstić information content (AvgIpc) is 2.78. The van der Waals surface area contributed by atoms with Gasteiger partial charge in [0.1, 0.15) is 11.9 Å². The molecule has 0 aliphatic heterocycles. The Balaban J connectivity index is 2.29. The zero-order valence-electron chi connectivity index (χ0n) is 9.56. The molecule has 0 fully saturated rings. The van der Waals surface area contributed by atoms with Crippen molar-refractivity contribution in [1.82, 2.24) is 15.3 Å². The molecule has 0 amide bonds. The maximum absolute atomic E-state index is 4.34. The number of nitrogens with one attached hydrogen (secondary N) is 1. The first-order valence-corrected chi connectivity index (χ1v) is 7.23. The molecule has 0 aromatic carbocycles. The van der Waals surface area contributed by atoms with E-state index >= 15 is 0 Å². The van der Waals surface area contributed by atoms with Gasteiger partial charge in [0.15, 0.2) is 0 Å². The molecule has 0 saturated heterocycles. The zero-order chi connectivity index (χ0) is 12.1. The Morgan fingerprint density at radius 2 is 2.18 bits per heavy atom. The Labute approximate surface area is 113 Å². The van der Waals surface area contributed by atoms with Crippen LogP contribution in [0.15, 0.2) is 34.4 Å². The Hall–Kier alpha value is -0.780. The fourth-order valence-electron chi connectivity index (χ4n) is 1.56. The first-order chi connectivity index (χ1) is 8.33. The Bertz CT molecular complexity index is 458. The number of hydrogen-bond acceptors (Lipinski definition) is 4. The lowest BCUT2D eigenvalue weighted by atomic mass is 10.2. The van der Waals surface area contributed by atoms with Crippen LogP contribution in [0.25, 0.3) is 0 Å². The number of nitrogens with zero attached hydrogens (tertiary/aromatic N) is 2. The van der Waals surface area contributed by atoms with Crippen LogP contribution in [-0.4, -0.2) is 16.5 Å². The third-order valence-electron chi connectivity index (χ3n) is 2.35. The van der Waals surface area contributed by atoms with Gasteiger partial charge in [0.25, 0.3) is 0 Å². The van der Waals surface area contributed by atoms with Crippen LogP contribution in [0, 0.1) is 0 Å². The summed E-state index contributed by atoms with van der Waals surface area (Å²) in [5, 5.41) is 5.56. The summed E-state index contributed by atoms with van der Waals surface area (Å²) < 4.78 is 1.11. The lowest BCUT2D eigenvalue weighted by Gasteiger charge is -2.16. The Morgan fingerprint density at radius 1 is 1.41 bits per heavy atom. The zero-order valence-corrected chi connectivity index (χ0v) is 12.0. The summed E-state index contributed by atoms with van der Waals surface area (Å²) in [5.41, 5.74) is 0. The monoisotopic (exact) mass is 311 g/mol. The van der Waals surface area contributed by atoms with Gasteiger partial charge in [-0.1, -0.05) is 6.92 Å². The summed E-state index contributed by atoms with van der Waals surface area (Å²) in [6.07, 6.45) is 4.65. The summed E-state index contributed by atoms with van der Waals surface area (Å²) in [7, 11) is 0. The molecule has 90 valence electrons. The third kappa shape index (κ3) is 3.12. The van der Waals surface area contributed by atoms with E-state index in [0.29, 0.717) is 0 Å². The molecule has 2 aromatic rings. The topological polar surface area (TPSA) is 37.8 Å². The summed E-state index contributed by atoms with van der Waals surface area (Å²) in [6, 6.07) is 3.97. The predicted octanol–water partition coefficient (Wildman–Crippen LogP) is 3.39. The summed E-state index contributed by atoms with van der Waals surface area (Å²) in [6.45, 7) is 3.10. The van der Waals surface area contributed by atoms with E-state index in [1.807, 2.05) is 6.07 Å². The lowest BCUT2D eigenvalue weighted by molar-refractivity contribution is 0.577. The van der Waals surface area contributed by atoms with Crippen molar-refractivity contribution in [3.05, 3.63) is 45.1 Å². The molecule has 0 spiro atoms. The first kappa shape index (κ1) is 12.7. The molecule has 0 saturated carbocycles. The van der Waals surface area contributed by atoms with Gasteiger partial charge in [-0.25, -0.2) is 9.97 Å². The minimum absolute atomic E-state index is 0.0746. The van der Waals surface area contributed by atoms with Gasteiger partial charge in [0.2, 0.25) is 0 Å². The highest BCUT2D eigenvalue weighted by Crippen LogP contribution is 2.31. The molecule has 5 heteroatoms. The lowest BCUT2D eigenvalue weighted by Crippen LogP contribution is -2.24. The van der Waals surface area contributed by atoms with E-state index in [2.05, 4.69) is 49.6 Å². The minimum Gasteiger partial charge on any atom is -0.303 e. The van der Waals surface area contributed by atoms with Gasteiger partial charge in [0, 0.05) is 21.7 Å². The van der Waals surface area contributed by atoms with Gasteiger partial charge >= 0.3 is 0 Å². The van der Waals surface area contributed by atoms with Crippen molar-refractivity contribution in [2.45, 2.75) is 19.4 Å². The normalized spacial score (nSPS) is 12.6. The van der Waals surface area contributed by atoms with Crippen molar-refractivity contribution in [1.29, 1.82) is 0 Å². The predicted molar refractivity (Wildman–Crippen MR) is 74.2 cm³/mol. The molecule has 1 N–H and O–H groups in total. The van der Waals surface area contributed by atoms with Gasteiger partial charge in [-0.15, -0.1) is 11.3 Å². The average molecular weight is 312 g/mol. The minimum atomic E-state index is 0.0746. The number of hydrogen-bond donors (Lipinski definition) is 1. The Kier molecular flexibility index (Phi) is 4.65. The van der Waals surface area contributed by atoms with E-state index in [0.717, 1.165) is 23.3 Å². The van der Waals surface area contributed by atoms with Crippen LogP contribution in [0.4, 0.5) is 0 Å². The molecule has 0 bridgehead atoms.